The van der Waals surface area contributed by atoms with E-state index in [1.807, 2.05) is 0 Å². The van der Waals surface area contributed by atoms with Crippen LogP contribution in [0.4, 0.5) is 5.69 Å². The van der Waals surface area contributed by atoms with Gasteiger partial charge in [-0.05, 0) is 54.1 Å². The van der Waals surface area contributed by atoms with Gasteiger partial charge in [0.2, 0.25) is 0 Å². The molecule has 1 N–H and O–H groups in total. The summed E-state index contributed by atoms with van der Waals surface area (Å²) in [4.78, 5) is 2.15. The van der Waals surface area contributed by atoms with Crippen LogP contribution in [0, 0.1) is 0 Å². The number of aromatic hydroxyl groups is 1. The van der Waals surface area contributed by atoms with E-state index >= 15 is 0 Å². The van der Waals surface area contributed by atoms with Crippen LogP contribution >= 0.6 is 0 Å². The van der Waals surface area contributed by atoms with Crippen LogP contribution < -0.4 is 10.1 Å². The maximum Gasteiger partial charge on any atom is 0.121 e. The first kappa shape index (κ1) is 19.6. The van der Waals surface area contributed by atoms with E-state index in [1.54, 1.807) is 0 Å². The highest BCUT2D eigenvalue weighted by Gasteiger charge is 2.23. The van der Waals surface area contributed by atoms with E-state index in [1.165, 1.54) is 22.5 Å². The zero-order chi connectivity index (χ0) is 18.6. The predicted molar refractivity (Wildman–Crippen MR) is 113 cm³/mol. The van der Waals surface area contributed by atoms with Crippen molar-refractivity contribution in [3.8, 4) is 5.75 Å². The zero-order valence-corrected chi connectivity index (χ0v) is 17.7. The number of hydrogen-bond donors (Lipinski definition) is 1. The Morgan fingerprint density at radius 2 is 1.44 bits per heavy atom. The van der Waals surface area contributed by atoms with E-state index in [0.717, 1.165) is 30.4 Å². The second kappa shape index (κ2) is 8.09. The minimum absolute atomic E-state index is 0.504. The van der Waals surface area contributed by atoms with E-state index in [-0.39, 0.29) is 0 Å². The van der Waals surface area contributed by atoms with Crippen molar-refractivity contribution in [2.75, 3.05) is 19.0 Å². The lowest BCUT2D eigenvalue weighted by atomic mass is 9.99. The second-order valence-electron chi connectivity index (χ2n) is 7.79. The fraction of sp³-hybridized carbons (Fsp3) is 0.455. The SMILES string of the molecule is CCc1cc(CC[Si](C)(C)c2ccc(N(C)C)cc2)cc(CC)c1O. The number of hydrogen-bond acceptors (Lipinski definition) is 2. The van der Waals surface area contributed by atoms with Gasteiger partial charge in [0, 0.05) is 19.8 Å². The summed E-state index contributed by atoms with van der Waals surface area (Å²) in [5, 5.41) is 11.8. The third-order valence-electron chi connectivity index (χ3n) is 5.29. The number of phenolic OH excluding ortho intramolecular Hbond substituents is 1. The maximum absolute atomic E-state index is 10.3. The number of phenols is 1. The van der Waals surface area contributed by atoms with E-state index in [4.69, 9.17) is 0 Å². The van der Waals surface area contributed by atoms with E-state index in [9.17, 15) is 5.11 Å². The van der Waals surface area contributed by atoms with Crippen LogP contribution in [0.2, 0.25) is 19.1 Å². The topological polar surface area (TPSA) is 23.5 Å². The number of rotatable bonds is 7. The minimum atomic E-state index is -1.47. The average molecular weight is 356 g/mol. The van der Waals surface area contributed by atoms with Gasteiger partial charge in [0.1, 0.15) is 5.75 Å². The molecule has 0 saturated heterocycles. The van der Waals surface area contributed by atoms with Gasteiger partial charge in [0.25, 0.3) is 0 Å². The quantitative estimate of drug-likeness (QED) is 0.725. The zero-order valence-electron chi connectivity index (χ0n) is 16.7. The molecule has 0 aliphatic heterocycles. The molecule has 0 aliphatic carbocycles. The lowest BCUT2D eigenvalue weighted by Gasteiger charge is -2.24. The maximum atomic E-state index is 10.3. The molecule has 2 nitrogen and oxygen atoms in total. The Balaban J connectivity index is 2.16. The standard InChI is InChI=1S/C22H33NOSi/c1-7-18-15-17(16-19(8-2)22(18)24)13-14-25(5,6)21-11-9-20(10-12-21)23(3)4/h9-12,15-16,24H,7-8,13-14H2,1-6H3. The molecule has 2 rings (SSSR count). The third-order valence-corrected chi connectivity index (χ3v) is 8.69. The van der Waals surface area contributed by atoms with Crippen LogP contribution in [0.25, 0.3) is 0 Å². The molecule has 0 aliphatic rings. The molecule has 0 atom stereocenters. The number of benzene rings is 2. The third kappa shape index (κ3) is 4.66. The highest BCUT2D eigenvalue weighted by Crippen LogP contribution is 2.27. The molecule has 0 fully saturated rings. The van der Waals surface area contributed by atoms with Gasteiger partial charge in [-0.15, -0.1) is 0 Å². The first-order valence-electron chi connectivity index (χ1n) is 9.40. The Morgan fingerprint density at radius 3 is 1.88 bits per heavy atom. The number of anilines is 1. The van der Waals surface area contributed by atoms with Crippen molar-refractivity contribution < 1.29 is 5.11 Å². The predicted octanol–water partition coefficient (Wildman–Crippen LogP) is 4.74. The lowest BCUT2D eigenvalue weighted by Crippen LogP contribution is -2.41. The van der Waals surface area contributed by atoms with Gasteiger partial charge >= 0.3 is 0 Å². The van der Waals surface area contributed by atoms with Gasteiger partial charge in [-0.3, -0.25) is 0 Å². The van der Waals surface area contributed by atoms with E-state index < -0.39 is 8.07 Å². The molecule has 0 heterocycles. The Bertz CT molecular complexity index is 679. The molecule has 2 aromatic carbocycles. The molecule has 2 aromatic rings. The van der Waals surface area contributed by atoms with Crippen molar-refractivity contribution >= 4 is 18.9 Å². The summed E-state index contributed by atoms with van der Waals surface area (Å²) in [6, 6.07) is 14.7. The lowest BCUT2D eigenvalue weighted by molar-refractivity contribution is 0.462. The minimum Gasteiger partial charge on any atom is -0.507 e. The Morgan fingerprint density at radius 1 is 0.920 bits per heavy atom. The van der Waals surface area contributed by atoms with Crippen molar-refractivity contribution in [3.05, 3.63) is 53.1 Å². The number of aryl methyl sites for hydroxylation is 3. The fourth-order valence-electron chi connectivity index (χ4n) is 3.33. The summed E-state index contributed by atoms with van der Waals surface area (Å²) in [7, 11) is 2.70. The van der Waals surface area contributed by atoms with Crippen molar-refractivity contribution in [1.29, 1.82) is 0 Å². The highest BCUT2D eigenvalue weighted by molar-refractivity contribution is 6.89. The van der Waals surface area contributed by atoms with Crippen LogP contribution in [0.1, 0.15) is 30.5 Å². The van der Waals surface area contributed by atoms with Gasteiger partial charge < -0.3 is 10.0 Å². The van der Waals surface area contributed by atoms with Gasteiger partial charge in [0.05, 0.1) is 8.07 Å². The summed E-state index contributed by atoms with van der Waals surface area (Å²) in [6.45, 7) is 9.14. The van der Waals surface area contributed by atoms with Gasteiger partial charge in [-0.25, -0.2) is 0 Å². The molecule has 0 radical (unpaired) electrons. The van der Waals surface area contributed by atoms with Gasteiger partial charge in [0.15, 0.2) is 0 Å². The van der Waals surface area contributed by atoms with Crippen molar-refractivity contribution in [3.63, 3.8) is 0 Å². The Kier molecular flexibility index (Phi) is 6.34. The highest BCUT2D eigenvalue weighted by atomic mass is 28.3. The first-order chi connectivity index (χ1) is 11.8. The van der Waals surface area contributed by atoms with Crippen molar-refractivity contribution in [1.82, 2.24) is 0 Å². The van der Waals surface area contributed by atoms with Crippen LogP contribution in [0.5, 0.6) is 5.75 Å². The molecule has 0 saturated carbocycles. The van der Waals surface area contributed by atoms with Crippen LogP contribution in [0.3, 0.4) is 0 Å². The van der Waals surface area contributed by atoms with Gasteiger partial charge in [-0.1, -0.05) is 56.4 Å². The molecule has 0 aromatic heterocycles. The van der Waals surface area contributed by atoms with Crippen molar-refractivity contribution in [2.45, 2.75) is 52.2 Å². The second-order valence-corrected chi connectivity index (χ2v) is 12.6. The molecule has 3 heteroatoms. The van der Waals surface area contributed by atoms with E-state index in [0.29, 0.717) is 5.75 Å². The molecule has 0 spiro atoms. The molecule has 136 valence electrons. The molecular formula is C22H33NOSi. The average Bonchev–Trinajstić information content (AvgIpc) is 2.60. The summed E-state index contributed by atoms with van der Waals surface area (Å²) < 4.78 is 0. The Hall–Kier alpha value is -1.74. The summed E-state index contributed by atoms with van der Waals surface area (Å²) >= 11 is 0. The smallest absolute Gasteiger partial charge is 0.121 e. The van der Waals surface area contributed by atoms with E-state index in [2.05, 4.69) is 82.3 Å². The molecule has 25 heavy (non-hydrogen) atoms. The molecule has 0 unspecified atom stereocenters. The monoisotopic (exact) mass is 355 g/mol. The largest absolute Gasteiger partial charge is 0.507 e. The van der Waals surface area contributed by atoms with Crippen LogP contribution in [0.15, 0.2) is 36.4 Å². The summed E-state index contributed by atoms with van der Waals surface area (Å²) in [5.41, 5.74) is 4.80. The summed E-state index contributed by atoms with van der Waals surface area (Å²) in [5.74, 6) is 0.504. The summed E-state index contributed by atoms with van der Waals surface area (Å²) in [6.07, 6.45) is 2.87. The number of nitrogens with zero attached hydrogens (tertiary/aromatic N) is 1. The van der Waals surface area contributed by atoms with Crippen LogP contribution in [-0.2, 0) is 19.3 Å². The van der Waals surface area contributed by atoms with Crippen molar-refractivity contribution in [2.24, 2.45) is 0 Å². The molecule has 0 amide bonds. The van der Waals surface area contributed by atoms with Gasteiger partial charge in [-0.2, -0.15) is 0 Å². The fourth-order valence-corrected chi connectivity index (χ4v) is 5.60. The first-order valence-corrected chi connectivity index (χ1v) is 12.6. The molecular weight excluding hydrogens is 322 g/mol. The molecule has 0 bridgehead atoms. The Labute approximate surface area is 154 Å². The van der Waals surface area contributed by atoms with Crippen LogP contribution in [-0.4, -0.2) is 27.3 Å². The normalized spacial score (nSPS) is 11.6.